The molecule has 48 heavy (non-hydrogen) atoms. The molecule has 0 amide bonds. The van der Waals surface area contributed by atoms with Crippen molar-refractivity contribution in [3.8, 4) is 22.3 Å². The first kappa shape index (κ1) is 26.5. The summed E-state index contributed by atoms with van der Waals surface area (Å²) in [6, 6.07) is 58.8. The Bertz CT molecular complexity index is 3060. The molecule has 11 rings (SSSR count). The molecule has 0 aliphatic heterocycles. The second kappa shape index (κ2) is 9.98. The van der Waals surface area contributed by atoms with Crippen molar-refractivity contribution in [2.45, 2.75) is 0 Å². The summed E-state index contributed by atoms with van der Waals surface area (Å²) < 4.78 is 5.42. The minimum absolute atomic E-state index is 1.27. The van der Waals surface area contributed by atoms with Gasteiger partial charge in [0.05, 0.1) is 0 Å². The van der Waals surface area contributed by atoms with Gasteiger partial charge >= 0.3 is 0 Å². The zero-order valence-corrected chi connectivity index (χ0v) is 27.5. The quantitative estimate of drug-likeness (QED) is 0.130. The lowest BCUT2D eigenvalue weighted by Crippen LogP contribution is -1.92. The largest absolute Gasteiger partial charge is 0.135 e. The first-order chi connectivity index (χ1) is 23.8. The van der Waals surface area contributed by atoms with E-state index in [1.807, 2.05) is 22.7 Å². The molecule has 0 fully saturated rings. The predicted molar refractivity (Wildman–Crippen MR) is 213 cm³/mol. The maximum absolute atomic E-state index is 2.43. The van der Waals surface area contributed by atoms with Crippen molar-refractivity contribution in [3.05, 3.63) is 158 Å². The van der Waals surface area contributed by atoms with Gasteiger partial charge in [-0.05, 0) is 78.0 Å². The first-order valence-electron chi connectivity index (χ1n) is 16.4. The highest BCUT2D eigenvalue weighted by molar-refractivity contribution is 7.27. The molecular formula is C46H26S2. The van der Waals surface area contributed by atoms with E-state index in [0.29, 0.717) is 0 Å². The van der Waals surface area contributed by atoms with Crippen LogP contribution in [0.4, 0.5) is 0 Å². The lowest BCUT2D eigenvalue weighted by atomic mass is 9.84. The molecule has 0 aliphatic rings. The Morgan fingerprint density at radius 3 is 1.52 bits per heavy atom. The Labute approximate surface area is 284 Å². The molecule has 222 valence electrons. The number of hydrogen-bond acceptors (Lipinski definition) is 2. The van der Waals surface area contributed by atoms with Crippen LogP contribution < -0.4 is 0 Å². The standard InChI is InChI=1S/C46H26S2/c1-2-12-28-27(11-1)23-24-30-29(28)18-9-19-32(30)44-33-14-3-5-16-35(33)45(36-17-6-4-15-34(36)44)38-21-10-20-37-40-26-42-39(25-43(40)48-46(37)38)31-13-7-8-22-41(31)47-42/h1-26H. The third-order valence-corrected chi connectivity index (χ3v) is 12.6. The summed E-state index contributed by atoms with van der Waals surface area (Å²) in [6.45, 7) is 0. The SMILES string of the molecule is c1ccc2c(c1)ccc1c(-c3c4ccccc4c(-c4cccc5c4sc4cc6c(cc45)sc4ccccc46)c4ccccc34)cccc12. The summed E-state index contributed by atoms with van der Waals surface area (Å²) >= 11 is 3.83. The fourth-order valence-electron chi connectivity index (χ4n) is 8.18. The highest BCUT2D eigenvalue weighted by atomic mass is 32.1. The Hall–Kier alpha value is -5.54. The van der Waals surface area contributed by atoms with E-state index in [1.165, 1.54) is 106 Å². The van der Waals surface area contributed by atoms with Crippen molar-refractivity contribution in [3.63, 3.8) is 0 Å². The van der Waals surface area contributed by atoms with Gasteiger partial charge < -0.3 is 0 Å². The van der Waals surface area contributed by atoms with Crippen LogP contribution in [-0.2, 0) is 0 Å². The molecule has 0 spiro atoms. The summed E-state index contributed by atoms with van der Waals surface area (Å²) in [6.07, 6.45) is 0. The number of thiophene rings is 2. The molecule has 0 nitrogen and oxygen atoms in total. The molecule has 0 bridgehead atoms. The number of benzene rings is 9. The van der Waals surface area contributed by atoms with E-state index in [9.17, 15) is 0 Å². The Kier molecular flexibility index (Phi) is 5.51. The van der Waals surface area contributed by atoms with Crippen LogP contribution >= 0.6 is 22.7 Å². The minimum atomic E-state index is 1.27. The van der Waals surface area contributed by atoms with Gasteiger partial charge in [-0.2, -0.15) is 0 Å². The molecular weight excluding hydrogens is 617 g/mol. The normalized spacial score (nSPS) is 12.2. The van der Waals surface area contributed by atoms with E-state index in [0.717, 1.165) is 0 Å². The van der Waals surface area contributed by atoms with Crippen molar-refractivity contribution in [2.24, 2.45) is 0 Å². The van der Waals surface area contributed by atoms with E-state index in [1.54, 1.807) is 0 Å². The van der Waals surface area contributed by atoms with E-state index < -0.39 is 0 Å². The summed E-state index contributed by atoms with van der Waals surface area (Å²) in [5.41, 5.74) is 5.22. The molecule has 0 saturated heterocycles. The average Bonchev–Trinajstić information content (AvgIpc) is 3.70. The monoisotopic (exact) mass is 642 g/mol. The van der Waals surface area contributed by atoms with Gasteiger partial charge in [0.25, 0.3) is 0 Å². The van der Waals surface area contributed by atoms with Gasteiger partial charge in [0.2, 0.25) is 0 Å². The number of fused-ring (bicyclic) bond motifs is 11. The van der Waals surface area contributed by atoms with Crippen LogP contribution in [0.25, 0.3) is 106 Å². The molecule has 0 unspecified atom stereocenters. The molecule has 11 aromatic rings. The molecule has 9 aromatic carbocycles. The van der Waals surface area contributed by atoms with Gasteiger partial charge in [0.1, 0.15) is 0 Å². The van der Waals surface area contributed by atoms with Crippen molar-refractivity contribution in [1.29, 1.82) is 0 Å². The van der Waals surface area contributed by atoms with Crippen molar-refractivity contribution in [1.82, 2.24) is 0 Å². The van der Waals surface area contributed by atoms with Crippen LogP contribution in [0.15, 0.2) is 158 Å². The number of hydrogen-bond donors (Lipinski definition) is 0. The topological polar surface area (TPSA) is 0 Å². The lowest BCUT2D eigenvalue weighted by molar-refractivity contribution is 1.70. The second-order valence-electron chi connectivity index (χ2n) is 12.8. The molecule has 2 aromatic heterocycles. The van der Waals surface area contributed by atoms with Crippen LogP contribution in [-0.4, -0.2) is 0 Å². The average molecular weight is 643 g/mol. The molecule has 0 atom stereocenters. The highest BCUT2D eigenvalue weighted by Crippen LogP contribution is 2.50. The van der Waals surface area contributed by atoms with E-state index in [-0.39, 0.29) is 0 Å². The maximum atomic E-state index is 2.43. The van der Waals surface area contributed by atoms with Gasteiger partial charge in [0, 0.05) is 45.9 Å². The van der Waals surface area contributed by atoms with Gasteiger partial charge in [-0.1, -0.05) is 140 Å². The zero-order chi connectivity index (χ0) is 31.3. The van der Waals surface area contributed by atoms with E-state index in [2.05, 4.69) is 158 Å². The Morgan fingerprint density at radius 2 is 0.792 bits per heavy atom. The maximum Gasteiger partial charge on any atom is 0.0434 e. The molecule has 2 heteroatoms. The van der Waals surface area contributed by atoms with Gasteiger partial charge in [0.15, 0.2) is 0 Å². The summed E-state index contributed by atoms with van der Waals surface area (Å²) in [7, 11) is 0. The summed E-state index contributed by atoms with van der Waals surface area (Å²) in [5, 5.41) is 15.7. The smallest absolute Gasteiger partial charge is 0.0434 e. The predicted octanol–water partition coefficient (Wildman–Crippen LogP) is 14.4. The molecule has 0 radical (unpaired) electrons. The second-order valence-corrected chi connectivity index (χ2v) is 14.9. The van der Waals surface area contributed by atoms with Crippen LogP contribution in [0.3, 0.4) is 0 Å². The highest BCUT2D eigenvalue weighted by Gasteiger charge is 2.21. The first-order valence-corrected chi connectivity index (χ1v) is 18.1. The van der Waals surface area contributed by atoms with Crippen molar-refractivity contribution < 1.29 is 0 Å². The van der Waals surface area contributed by atoms with E-state index >= 15 is 0 Å². The molecule has 2 heterocycles. The Morgan fingerprint density at radius 1 is 0.271 bits per heavy atom. The van der Waals surface area contributed by atoms with Crippen molar-refractivity contribution >= 4 is 106 Å². The fourth-order valence-corrected chi connectivity index (χ4v) is 10.6. The van der Waals surface area contributed by atoms with E-state index in [4.69, 9.17) is 0 Å². The zero-order valence-electron chi connectivity index (χ0n) is 25.8. The van der Waals surface area contributed by atoms with Gasteiger partial charge in [-0.25, -0.2) is 0 Å². The Balaban J connectivity index is 1.24. The third-order valence-electron chi connectivity index (χ3n) is 10.3. The summed E-state index contributed by atoms with van der Waals surface area (Å²) in [5.74, 6) is 0. The van der Waals surface area contributed by atoms with Gasteiger partial charge in [-0.15, -0.1) is 22.7 Å². The van der Waals surface area contributed by atoms with Crippen LogP contribution in [0, 0.1) is 0 Å². The lowest BCUT2D eigenvalue weighted by Gasteiger charge is -2.19. The number of rotatable bonds is 2. The molecule has 0 saturated carbocycles. The minimum Gasteiger partial charge on any atom is -0.135 e. The fraction of sp³-hybridized carbons (Fsp3) is 0. The summed E-state index contributed by atoms with van der Waals surface area (Å²) in [4.78, 5) is 0. The van der Waals surface area contributed by atoms with Crippen LogP contribution in [0.1, 0.15) is 0 Å². The van der Waals surface area contributed by atoms with Crippen LogP contribution in [0.5, 0.6) is 0 Å². The third kappa shape index (κ3) is 3.65. The van der Waals surface area contributed by atoms with Gasteiger partial charge in [-0.3, -0.25) is 0 Å². The molecule has 0 aliphatic carbocycles. The van der Waals surface area contributed by atoms with Crippen molar-refractivity contribution in [2.75, 3.05) is 0 Å². The molecule has 0 N–H and O–H groups in total. The van der Waals surface area contributed by atoms with Crippen LogP contribution in [0.2, 0.25) is 0 Å².